The molecule has 0 radical (unpaired) electrons. The standard InChI is InChI=1S/C15H16ClFN2O3S/c1-3-7-21-14(20)9(2)23-15-19-18-13(22-15)8-10-11(16)5-4-6-12(10)17/h4-6,9H,3,7-8H2,1-2H3. The Hall–Kier alpha value is -1.60. The van der Waals surface area contributed by atoms with Crippen LogP contribution < -0.4 is 0 Å². The zero-order valence-corrected chi connectivity index (χ0v) is 14.3. The number of thioether (sulfide) groups is 1. The fourth-order valence-corrected chi connectivity index (χ4v) is 2.66. The molecule has 0 bridgehead atoms. The van der Waals surface area contributed by atoms with Crippen LogP contribution in [0.3, 0.4) is 0 Å². The highest BCUT2D eigenvalue weighted by molar-refractivity contribution is 8.00. The van der Waals surface area contributed by atoms with Gasteiger partial charge in [-0.2, -0.15) is 0 Å². The van der Waals surface area contributed by atoms with Gasteiger partial charge in [-0.15, -0.1) is 10.2 Å². The van der Waals surface area contributed by atoms with E-state index in [4.69, 9.17) is 20.8 Å². The van der Waals surface area contributed by atoms with Crippen molar-refractivity contribution in [2.75, 3.05) is 6.61 Å². The van der Waals surface area contributed by atoms with Gasteiger partial charge in [0.25, 0.3) is 5.22 Å². The molecule has 0 aliphatic rings. The van der Waals surface area contributed by atoms with Crippen molar-refractivity contribution in [3.05, 3.63) is 40.5 Å². The average molecular weight is 359 g/mol. The van der Waals surface area contributed by atoms with Gasteiger partial charge in [-0.3, -0.25) is 4.79 Å². The normalized spacial score (nSPS) is 12.2. The van der Waals surface area contributed by atoms with Crippen LogP contribution in [0.2, 0.25) is 5.02 Å². The van der Waals surface area contributed by atoms with E-state index < -0.39 is 11.1 Å². The molecule has 23 heavy (non-hydrogen) atoms. The van der Waals surface area contributed by atoms with E-state index >= 15 is 0 Å². The molecule has 0 aliphatic carbocycles. The fraction of sp³-hybridized carbons (Fsp3) is 0.400. The minimum Gasteiger partial charge on any atom is -0.465 e. The molecule has 1 atom stereocenters. The smallest absolute Gasteiger partial charge is 0.319 e. The van der Waals surface area contributed by atoms with Crippen LogP contribution in [0.25, 0.3) is 0 Å². The Morgan fingerprint density at radius 2 is 2.26 bits per heavy atom. The number of hydrogen-bond donors (Lipinski definition) is 0. The molecule has 1 heterocycles. The maximum Gasteiger partial charge on any atom is 0.319 e. The maximum atomic E-state index is 13.7. The second-order valence-electron chi connectivity index (χ2n) is 4.77. The lowest BCUT2D eigenvalue weighted by molar-refractivity contribution is -0.142. The van der Waals surface area contributed by atoms with Crippen LogP contribution in [-0.4, -0.2) is 28.0 Å². The molecule has 2 aromatic rings. The number of carbonyl (C=O) groups is 1. The van der Waals surface area contributed by atoms with Gasteiger partial charge in [0.1, 0.15) is 11.1 Å². The summed E-state index contributed by atoms with van der Waals surface area (Å²) in [6.07, 6.45) is 0.852. The van der Waals surface area contributed by atoms with Crippen LogP contribution >= 0.6 is 23.4 Å². The summed E-state index contributed by atoms with van der Waals surface area (Å²) < 4.78 is 24.2. The van der Waals surface area contributed by atoms with Crippen LogP contribution in [0.5, 0.6) is 0 Å². The molecule has 1 aromatic heterocycles. The predicted octanol–water partition coefficient (Wildman–Crippen LogP) is 3.89. The molecule has 124 valence electrons. The predicted molar refractivity (Wildman–Crippen MR) is 85.1 cm³/mol. The number of aromatic nitrogens is 2. The molecule has 0 N–H and O–H groups in total. The van der Waals surface area contributed by atoms with Gasteiger partial charge in [0, 0.05) is 10.6 Å². The Balaban J connectivity index is 1.99. The second kappa shape index (κ2) is 8.31. The highest BCUT2D eigenvalue weighted by Gasteiger charge is 2.20. The van der Waals surface area contributed by atoms with Gasteiger partial charge < -0.3 is 9.15 Å². The lowest BCUT2D eigenvalue weighted by Gasteiger charge is -2.07. The minimum atomic E-state index is -0.466. The van der Waals surface area contributed by atoms with Crippen LogP contribution in [0.15, 0.2) is 27.8 Å². The third kappa shape index (κ3) is 4.94. The molecule has 1 aromatic carbocycles. The molecular weight excluding hydrogens is 343 g/mol. The van der Waals surface area contributed by atoms with Crippen molar-refractivity contribution in [2.45, 2.75) is 37.2 Å². The molecule has 0 saturated heterocycles. The summed E-state index contributed by atoms with van der Waals surface area (Å²) in [6.45, 7) is 3.99. The Morgan fingerprint density at radius 3 is 2.96 bits per heavy atom. The third-order valence-corrected chi connectivity index (χ3v) is 4.16. The summed E-state index contributed by atoms with van der Waals surface area (Å²) in [5, 5.41) is 7.76. The summed E-state index contributed by atoms with van der Waals surface area (Å²) >= 11 is 7.06. The van der Waals surface area contributed by atoms with Gasteiger partial charge in [-0.05, 0) is 25.5 Å². The summed E-state index contributed by atoms with van der Waals surface area (Å²) in [4.78, 5) is 11.7. The number of halogens is 2. The molecule has 5 nitrogen and oxygen atoms in total. The van der Waals surface area contributed by atoms with E-state index in [0.29, 0.717) is 17.2 Å². The quantitative estimate of drug-likeness (QED) is 0.552. The van der Waals surface area contributed by atoms with Crippen LogP contribution in [0, 0.1) is 5.82 Å². The largest absolute Gasteiger partial charge is 0.465 e. The van der Waals surface area contributed by atoms with E-state index in [9.17, 15) is 9.18 Å². The first kappa shape index (κ1) is 17.7. The Labute approximate surface area is 142 Å². The molecule has 8 heteroatoms. The molecule has 1 unspecified atom stereocenters. The first-order valence-electron chi connectivity index (χ1n) is 7.09. The molecule has 0 spiro atoms. The van der Waals surface area contributed by atoms with Gasteiger partial charge in [-0.1, -0.05) is 36.4 Å². The van der Waals surface area contributed by atoms with E-state index in [0.717, 1.165) is 18.2 Å². The number of nitrogens with zero attached hydrogens (tertiary/aromatic N) is 2. The van der Waals surface area contributed by atoms with Crippen molar-refractivity contribution in [1.82, 2.24) is 10.2 Å². The second-order valence-corrected chi connectivity index (χ2v) is 6.47. The van der Waals surface area contributed by atoms with Crippen molar-refractivity contribution < 1.29 is 18.3 Å². The monoisotopic (exact) mass is 358 g/mol. The lowest BCUT2D eigenvalue weighted by atomic mass is 10.1. The van der Waals surface area contributed by atoms with Crippen molar-refractivity contribution in [3.8, 4) is 0 Å². The zero-order valence-electron chi connectivity index (χ0n) is 12.7. The number of rotatable bonds is 7. The van der Waals surface area contributed by atoms with Crippen LogP contribution in [0.4, 0.5) is 4.39 Å². The van der Waals surface area contributed by atoms with E-state index in [1.807, 2.05) is 6.92 Å². The van der Waals surface area contributed by atoms with Crippen LogP contribution in [0.1, 0.15) is 31.7 Å². The molecule has 2 rings (SSSR count). The van der Waals surface area contributed by atoms with E-state index in [1.54, 1.807) is 13.0 Å². The van der Waals surface area contributed by atoms with E-state index in [-0.39, 0.29) is 23.5 Å². The van der Waals surface area contributed by atoms with Gasteiger partial charge in [-0.25, -0.2) is 4.39 Å². The van der Waals surface area contributed by atoms with E-state index in [2.05, 4.69) is 10.2 Å². The SMILES string of the molecule is CCCOC(=O)C(C)Sc1nnc(Cc2c(F)cccc2Cl)o1. The molecule has 0 aliphatic heterocycles. The van der Waals surface area contributed by atoms with Crippen molar-refractivity contribution >= 4 is 29.3 Å². The Bertz CT molecular complexity index is 660. The molecule has 0 amide bonds. The highest BCUT2D eigenvalue weighted by Crippen LogP contribution is 2.26. The topological polar surface area (TPSA) is 65.2 Å². The summed E-state index contributed by atoms with van der Waals surface area (Å²) in [6, 6.07) is 4.44. The number of hydrogen-bond acceptors (Lipinski definition) is 6. The van der Waals surface area contributed by atoms with Crippen LogP contribution in [-0.2, 0) is 16.0 Å². The lowest BCUT2D eigenvalue weighted by Crippen LogP contribution is -2.17. The molecular formula is C15H16ClFN2O3S. The summed E-state index contributed by atoms with van der Waals surface area (Å²) in [5.41, 5.74) is 0.296. The van der Waals surface area contributed by atoms with Gasteiger partial charge >= 0.3 is 5.97 Å². The van der Waals surface area contributed by atoms with Gasteiger partial charge in [0.05, 0.1) is 13.0 Å². The number of carbonyl (C=O) groups excluding carboxylic acids is 1. The maximum absolute atomic E-state index is 13.7. The van der Waals surface area contributed by atoms with Gasteiger partial charge in [0.15, 0.2) is 0 Å². The molecule has 0 fully saturated rings. The average Bonchev–Trinajstić information content (AvgIpc) is 2.95. The van der Waals surface area contributed by atoms with Gasteiger partial charge in [0.2, 0.25) is 5.89 Å². The summed E-state index contributed by atoms with van der Waals surface area (Å²) in [5.74, 6) is -0.538. The van der Waals surface area contributed by atoms with Crippen molar-refractivity contribution in [1.29, 1.82) is 0 Å². The minimum absolute atomic E-state index is 0.0910. The first-order valence-corrected chi connectivity index (χ1v) is 8.35. The third-order valence-electron chi connectivity index (χ3n) is 2.90. The van der Waals surface area contributed by atoms with Crippen molar-refractivity contribution in [3.63, 3.8) is 0 Å². The number of esters is 1. The van der Waals surface area contributed by atoms with E-state index in [1.165, 1.54) is 12.1 Å². The molecule has 0 saturated carbocycles. The van der Waals surface area contributed by atoms with Crippen molar-refractivity contribution in [2.24, 2.45) is 0 Å². The number of benzene rings is 1. The Kier molecular flexibility index (Phi) is 6.41. The fourth-order valence-electron chi connectivity index (χ4n) is 1.73. The number of ether oxygens (including phenoxy) is 1. The zero-order chi connectivity index (χ0) is 16.8. The summed E-state index contributed by atoms with van der Waals surface area (Å²) in [7, 11) is 0. The first-order chi connectivity index (χ1) is 11.0. The highest BCUT2D eigenvalue weighted by atomic mass is 35.5. The Morgan fingerprint density at radius 1 is 1.48 bits per heavy atom.